The van der Waals surface area contributed by atoms with E-state index in [1.165, 1.54) is 22.2 Å². The van der Waals surface area contributed by atoms with Crippen molar-refractivity contribution < 1.29 is 0 Å². The van der Waals surface area contributed by atoms with Crippen LogP contribution in [0.4, 0.5) is 0 Å². The van der Waals surface area contributed by atoms with Crippen molar-refractivity contribution in [3.05, 3.63) is 108 Å². The Hall–Kier alpha value is -3.13. The summed E-state index contributed by atoms with van der Waals surface area (Å²) in [5, 5.41) is 0. The average molecular weight is 352 g/mol. The van der Waals surface area contributed by atoms with Gasteiger partial charge in [0.25, 0.3) is 0 Å². The van der Waals surface area contributed by atoms with Crippen LogP contribution < -0.4 is 0 Å². The van der Waals surface area contributed by atoms with E-state index in [4.69, 9.17) is 0 Å². The van der Waals surface area contributed by atoms with Crippen LogP contribution in [-0.4, -0.2) is 9.55 Å². The molecule has 0 bridgehead atoms. The van der Waals surface area contributed by atoms with Gasteiger partial charge in [0.15, 0.2) is 0 Å². The molecule has 0 saturated heterocycles. The summed E-state index contributed by atoms with van der Waals surface area (Å²) in [5.74, 6) is 1.09. The number of benzene rings is 3. The van der Waals surface area contributed by atoms with Crippen molar-refractivity contribution in [2.24, 2.45) is 0 Å². The fourth-order valence-corrected chi connectivity index (χ4v) is 3.61. The van der Waals surface area contributed by atoms with E-state index in [1.54, 1.807) is 0 Å². The Morgan fingerprint density at radius 2 is 1.41 bits per heavy atom. The molecule has 1 aromatic heterocycles. The molecule has 0 radical (unpaired) electrons. The molecule has 2 nitrogen and oxygen atoms in total. The number of imidazole rings is 1. The monoisotopic (exact) mass is 352 g/mol. The first-order valence-corrected chi connectivity index (χ1v) is 9.56. The molecule has 0 aliphatic rings. The minimum Gasteiger partial charge on any atom is -0.328 e. The van der Waals surface area contributed by atoms with Crippen LogP contribution in [0.2, 0.25) is 0 Å². The Bertz CT molecular complexity index is 1000. The molecule has 1 heterocycles. The molecular formula is C25H24N2. The summed E-state index contributed by atoms with van der Waals surface area (Å²) in [6, 6.07) is 29.7. The van der Waals surface area contributed by atoms with E-state index >= 15 is 0 Å². The summed E-state index contributed by atoms with van der Waals surface area (Å²) < 4.78 is 2.33. The summed E-state index contributed by atoms with van der Waals surface area (Å²) in [6.45, 7) is 3.08. The second-order valence-corrected chi connectivity index (χ2v) is 6.79. The second kappa shape index (κ2) is 8.05. The van der Waals surface area contributed by atoms with Gasteiger partial charge in [0.2, 0.25) is 0 Å². The molecule has 4 rings (SSSR count). The van der Waals surface area contributed by atoms with Crippen LogP contribution in [-0.2, 0) is 6.54 Å². The molecule has 0 atom stereocenters. The van der Waals surface area contributed by atoms with Crippen LogP contribution in [0.3, 0.4) is 0 Å². The predicted octanol–water partition coefficient (Wildman–Crippen LogP) is 6.26. The lowest BCUT2D eigenvalue weighted by atomic mass is 9.96. The summed E-state index contributed by atoms with van der Waals surface area (Å²) in [5.41, 5.74) is 6.16. The normalized spacial score (nSPS) is 10.9. The summed E-state index contributed by atoms with van der Waals surface area (Å²) in [6.07, 6.45) is 4.49. The van der Waals surface area contributed by atoms with Gasteiger partial charge in [0, 0.05) is 6.54 Å². The van der Waals surface area contributed by atoms with Crippen LogP contribution in [0.1, 0.15) is 29.8 Å². The first kappa shape index (κ1) is 17.3. The van der Waals surface area contributed by atoms with E-state index in [0.29, 0.717) is 0 Å². The smallest absolute Gasteiger partial charge is 0.106 e. The van der Waals surface area contributed by atoms with Gasteiger partial charge in [-0.05, 0) is 48.6 Å². The highest BCUT2D eigenvalue weighted by molar-refractivity contribution is 5.79. The van der Waals surface area contributed by atoms with E-state index in [9.17, 15) is 0 Å². The zero-order valence-electron chi connectivity index (χ0n) is 15.7. The highest BCUT2D eigenvalue weighted by atomic mass is 15.1. The van der Waals surface area contributed by atoms with Gasteiger partial charge in [0.05, 0.1) is 11.0 Å². The molecule has 27 heavy (non-hydrogen) atoms. The summed E-state index contributed by atoms with van der Waals surface area (Å²) in [7, 11) is 0. The molecule has 0 spiro atoms. The van der Waals surface area contributed by atoms with Crippen LogP contribution in [0.5, 0.6) is 0 Å². The van der Waals surface area contributed by atoms with Crippen molar-refractivity contribution in [2.75, 3.05) is 0 Å². The lowest BCUT2D eigenvalue weighted by Gasteiger charge is -2.10. The Labute approximate surface area is 160 Å². The van der Waals surface area contributed by atoms with E-state index in [-0.39, 0.29) is 0 Å². The van der Waals surface area contributed by atoms with E-state index in [1.807, 2.05) is 6.07 Å². The van der Waals surface area contributed by atoms with Gasteiger partial charge in [-0.2, -0.15) is 0 Å². The zero-order chi connectivity index (χ0) is 18.5. The fourth-order valence-electron chi connectivity index (χ4n) is 3.61. The van der Waals surface area contributed by atoms with Crippen LogP contribution in [0.25, 0.3) is 16.6 Å². The standard InChI is InChI=1S/C25H24N2/c1-20-26-24-17-8-9-18-25(24)27(20)19-11-10-16-23(21-12-4-2-5-13-21)22-14-6-3-7-15-22/h2-9,12-18H,10-11,19H2,1H3. The number of aromatic nitrogens is 2. The second-order valence-electron chi connectivity index (χ2n) is 6.79. The molecule has 0 amide bonds. The van der Waals surface area contributed by atoms with E-state index in [2.05, 4.69) is 101 Å². The highest BCUT2D eigenvalue weighted by Gasteiger charge is 2.07. The number of unbranched alkanes of at least 4 members (excludes halogenated alkanes) is 1. The quantitative estimate of drug-likeness (QED) is 0.375. The minimum atomic E-state index is 0.986. The number of para-hydroxylation sites is 2. The Morgan fingerprint density at radius 3 is 2.07 bits per heavy atom. The zero-order valence-corrected chi connectivity index (χ0v) is 15.7. The van der Waals surface area contributed by atoms with Crippen molar-refractivity contribution in [1.82, 2.24) is 9.55 Å². The fraction of sp³-hybridized carbons (Fsp3) is 0.160. The maximum absolute atomic E-state index is 4.67. The maximum atomic E-state index is 4.67. The van der Waals surface area contributed by atoms with Gasteiger partial charge in [0.1, 0.15) is 5.82 Å². The third-order valence-electron chi connectivity index (χ3n) is 4.95. The van der Waals surface area contributed by atoms with Gasteiger partial charge in [-0.15, -0.1) is 0 Å². The van der Waals surface area contributed by atoms with E-state index < -0.39 is 0 Å². The molecule has 0 fully saturated rings. The lowest BCUT2D eigenvalue weighted by molar-refractivity contribution is 0.648. The average Bonchev–Trinajstić information content (AvgIpc) is 3.04. The molecule has 3 aromatic carbocycles. The van der Waals surface area contributed by atoms with Gasteiger partial charge < -0.3 is 4.57 Å². The molecule has 0 unspecified atom stereocenters. The number of hydrogen-bond donors (Lipinski definition) is 0. The molecule has 0 N–H and O–H groups in total. The third kappa shape index (κ3) is 3.85. The Morgan fingerprint density at radius 1 is 0.815 bits per heavy atom. The largest absolute Gasteiger partial charge is 0.328 e. The molecule has 4 aromatic rings. The first-order valence-electron chi connectivity index (χ1n) is 9.56. The molecule has 134 valence electrons. The number of nitrogens with zero attached hydrogens (tertiary/aromatic N) is 2. The number of hydrogen-bond acceptors (Lipinski definition) is 1. The first-order chi connectivity index (χ1) is 13.3. The molecule has 0 aliphatic heterocycles. The molecule has 0 saturated carbocycles. The van der Waals surface area contributed by atoms with Crippen LogP contribution in [0.15, 0.2) is 91.0 Å². The van der Waals surface area contributed by atoms with Gasteiger partial charge in [-0.25, -0.2) is 4.98 Å². The predicted molar refractivity (Wildman–Crippen MR) is 114 cm³/mol. The highest BCUT2D eigenvalue weighted by Crippen LogP contribution is 2.24. The van der Waals surface area contributed by atoms with Crippen molar-refractivity contribution >= 4 is 16.6 Å². The summed E-state index contributed by atoms with van der Waals surface area (Å²) in [4.78, 5) is 4.67. The van der Waals surface area contributed by atoms with Crippen molar-refractivity contribution in [1.29, 1.82) is 0 Å². The Balaban J connectivity index is 1.53. The maximum Gasteiger partial charge on any atom is 0.106 e. The molecular weight excluding hydrogens is 328 g/mol. The number of rotatable bonds is 6. The van der Waals surface area contributed by atoms with Crippen molar-refractivity contribution in [3.63, 3.8) is 0 Å². The van der Waals surface area contributed by atoms with Gasteiger partial charge in [-0.3, -0.25) is 0 Å². The molecule has 2 heteroatoms. The molecule has 0 aliphatic carbocycles. The van der Waals surface area contributed by atoms with Crippen molar-refractivity contribution in [3.8, 4) is 0 Å². The third-order valence-corrected chi connectivity index (χ3v) is 4.95. The van der Waals surface area contributed by atoms with Gasteiger partial charge in [-0.1, -0.05) is 78.9 Å². The summed E-state index contributed by atoms with van der Waals surface area (Å²) >= 11 is 0. The topological polar surface area (TPSA) is 17.8 Å². The van der Waals surface area contributed by atoms with Crippen LogP contribution >= 0.6 is 0 Å². The Kier molecular flexibility index (Phi) is 5.15. The number of fused-ring (bicyclic) bond motifs is 1. The SMILES string of the molecule is Cc1nc2ccccc2n1CCCC=C(c1ccccc1)c1ccccc1. The number of allylic oxidation sites excluding steroid dienone is 1. The van der Waals surface area contributed by atoms with Crippen LogP contribution in [0, 0.1) is 6.92 Å². The number of aryl methyl sites for hydroxylation is 2. The lowest BCUT2D eigenvalue weighted by Crippen LogP contribution is -2.00. The van der Waals surface area contributed by atoms with E-state index in [0.717, 1.165) is 30.7 Å². The minimum absolute atomic E-state index is 0.986. The van der Waals surface area contributed by atoms with Gasteiger partial charge >= 0.3 is 0 Å². The van der Waals surface area contributed by atoms with Crippen molar-refractivity contribution in [2.45, 2.75) is 26.3 Å².